The lowest BCUT2D eigenvalue weighted by Crippen LogP contribution is -2.47. The fourth-order valence-corrected chi connectivity index (χ4v) is 4.81. The molecule has 1 atom stereocenters. The van der Waals surface area contributed by atoms with Crippen molar-refractivity contribution in [2.24, 2.45) is 5.92 Å². The number of ether oxygens (including phenoxy) is 2. The summed E-state index contributed by atoms with van der Waals surface area (Å²) in [5, 5.41) is 2.71. The van der Waals surface area contributed by atoms with Gasteiger partial charge in [0.15, 0.2) is 0 Å². The summed E-state index contributed by atoms with van der Waals surface area (Å²) in [5.41, 5.74) is 0. The van der Waals surface area contributed by atoms with Crippen LogP contribution in [0.3, 0.4) is 0 Å². The number of esters is 1. The van der Waals surface area contributed by atoms with Gasteiger partial charge in [-0.25, -0.2) is 13.2 Å². The molecule has 0 spiro atoms. The summed E-state index contributed by atoms with van der Waals surface area (Å²) in [5.74, 6) is -1.12. The molecule has 1 unspecified atom stereocenters. The molecule has 2 saturated heterocycles. The lowest BCUT2D eigenvalue weighted by atomic mass is 9.96. The summed E-state index contributed by atoms with van der Waals surface area (Å²) in [4.78, 5) is 24.1. The first-order valence-electron chi connectivity index (χ1n) is 9.57. The summed E-state index contributed by atoms with van der Waals surface area (Å²) >= 11 is 0. The number of piperidine rings is 1. The molecule has 1 aromatic rings. The number of sulfonamides is 1. The van der Waals surface area contributed by atoms with Gasteiger partial charge in [-0.15, -0.1) is 0 Å². The minimum absolute atomic E-state index is 0.0347. The number of hydrogen-bond acceptors (Lipinski definition) is 7. The Morgan fingerprint density at radius 2 is 2.00 bits per heavy atom. The quantitative estimate of drug-likeness (QED) is 0.694. The normalized spacial score (nSPS) is 22.0. The van der Waals surface area contributed by atoms with E-state index in [1.165, 1.54) is 16.4 Å². The molecule has 2 aliphatic heterocycles. The standard InChI is InChI=1S/C18H26N2O7S/c1-2-26-18(22)15-5-6-16(27-15)28(23,24)20-9-7-13(8-10-20)17(21)19-14-4-3-11-25-12-14/h5-6,13-14H,2-4,7-12H2,1H3,(H,19,21). The van der Waals surface area contributed by atoms with Crippen molar-refractivity contribution in [3.05, 3.63) is 17.9 Å². The number of rotatable bonds is 6. The highest BCUT2D eigenvalue weighted by Gasteiger charge is 2.35. The Morgan fingerprint density at radius 1 is 1.25 bits per heavy atom. The Morgan fingerprint density at radius 3 is 2.64 bits per heavy atom. The van der Waals surface area contributed by atoms with Gasteiger partial charge in [0.25, 0.3) is 10.0 Å². The van der Waals surface area contributed by atoms with E-state index >= 15 is 0 Å². The molecule has 9 nitrogen and oxygen atoms in total. The third kappa shape index (κ3) is 4.73. The van der Waals surface area contributed by atoms with Gasteiger partial charge in [-0.2, -0.15) is 4.31 Å². The number of amides is 1. The van der Waals surface area contributed by atoms with Crippen molar-refractivity contribution in [2.45, 2.75) is 43.7 Å². The largest absolute Gasteiger partial charge is 0.460 e. The van der Waals surface area contributed by atoms with Crippen LogP contribution in [0, 0.1) is 5.92 Å². The zero-order valence-corrected chi connectivity index (χ0v) is 16.7. The van der Waals surface area contributed by atoms with Crippen molar-refractivity contribution < 1.29 is 31.9 Å². The van der Waals surface area contributed by atoms with Gasteiger partial charge in [0.1, 0.15) is 0 Å². The van der Waals surface area contributed by atoms with Crippen molar-refractivity contribution in [1.82, 2.24) is 9.62 Å². The van der Waals surface area contributed by atoms with Gasteiger partial charge >= 0.3 is 5.97 Å². The number of carbonyl (C=O) groups is 2. The molecule has 1 amide bonds. The molecule has 0 aliphatic carbocycles. The topological polar surface area (TPSA) is 115 Å². The molecule has 3 rings (SSSR count). The number of carbonyl (C=O) groups excluding carboxylic acids is 2. The molecule has 0 radical (unpaired) electrons. The maximum Gasteiger partial charge on any atom is 0.374 e. The van der Waals surface area contributed by atoms with E-state index in [-0.39, 0.29) is 48.4 Å². The SMILES string of the molecule is CCOC(=O)c1ccc(S(=O)(=O)N2CCC(C(=O)NC3CCCOC3)CC2)o1. The molecule has 1 aromatic heterocycles. The second-order valence-electron chi connectivity index (χ2n) is 6.94. The van der Waals surface area contributed by atoms with E-state index in [1.807, 2.05) is 0 Å². The molecule has 0 bridgehead atoms. The first kappa shape index (κ1) is 20.8. The van der Waals surface area contributed by atoms with Gasteiger partial charge in [-0.1, -0.05) is 0 Å². The molecule has 1 N–H and O–H groups in total. The van der Waals surface area contributed by atoms with Crippen LogP contribution in [-0.2, 0) is 24.3 Å². The number of nitrogens with one attached hydrogen (secondary N) is 1. The first-order valence-corrected chi connectivity index (χ1v) is 11.0. The highest BCUT2D eigenvalue weighted by molar-refractivity contribution is 7.89. The summed E-state index contributed by atoms with van der Waals surface area (Å²) in [7, 11) is -3.86. The maximum atomic E-state index is 12.7. The highest BCUT2D eigenvalue weighted by atomic mass is 32.2. The van der Waals surface area contributed by atoms with Gasteiger partial charge < -0.3 is 19.2 Å². The zero-order valence-electron chi connectivity index (χ0n) is 15.9. The van der Waals surface area contributed by atoms with E-state index in [0.29, 0.717) is 19.4 Å². The molecule has 10 heteroatoms. The fourth-order valence-electron chi connectivity index (χ4n) is 3.43. The molecule has 28 heavy (non-hydrogen) atoms. The Bertz CT molecular complexity index is 791. The van der Waals surface area contributed by atoms with Gasteiger partial charge in [0.2, 0.25) is 16.8 Å². The monoisotopic (exact) mass is 414 g/mol. The smallest absolute Gasteiger partial charge is 0.374 e. The fraction of sp³-hybridized carbons (Fsp3) is 0.667. The van der Waals surface area contributed by atoms with Gasteiger partial charge in [-0.3, -0.25) is 4.79 Å². The predicted molar refractivity (Wildman–Crippen MR) is 98.1 cm³/mol. The molecule has 156 valence electrons. The summed E-state index contributed by atoms with van der Waals surface area (Å²) in [6.45, 7) is 3.52. The maximum absolute atomic E-state index is 12.7. The van der Waals surface area contributed by atoms with Crippen LogP contribution in [0.1, 0.15) is 43.2 Å². The van der Waals surface area contributed by atoms with Crippen molar-refractivity contribution in [2.75, 3.05) is 32.9 Å². The second kappa shape index (κ2) is 9.06. The average molecular weight is 414 g/mol. The summed E-state index contributed by atoms with van der Waals surface area (Å²) in [6, 6.07) is 2.58. The molecular formula is C18H26N2O7S. The van der Waals surface area contributed by atoms with Crippen molar-refractivity contribution in [3.8, 4) is 0 Å². The van der Waals surface area contributed by atoms with E-state index in [9.17, 15) is 18.0 Å². The van der Waals surface area contributed by atoms with Crippen LogP contribution in [0.25, 0.3) is 0 Å². The van der Waals surface area contributed by atoms with Crippen LogP contribution in [-0.4, -0.2) is 63.6 Å². The van der Waals surface area contributed by atoms with Crippen LogP contribution >= 0.6 is 0 Å². The van der Waals surface area contributed by atoms with Crippen molar-refractivity contribution in [1.29, 1.82) is 0 Å². The zero-order chi connectivity index (χ0) is 20.1. The Hall–Kier alpha value is -1.91. The van der Waals surface area contributed by atoms with Crippen LogP contribution in [0.15, 0.2) is 21.6 Å². The number of nitrogens with zero attached hydrogens (tertiary/aromatic N) is 1. The lowest BCUT2D eigenvalue weighted by Gasteiger charge is -2.31. The molecule has 2 aliphatic rings. The van der Waals surface area contributed by atoms with Gasteiger partial charge in [0, 0.05) is 25.6 Å². The predicted octanol–water partition coefficient (Wildman–Crippen LogP) is 1.15. The van der Waals surface area contributed by atoms with Gasteiger partial charge in [-0.05, 0) is 44.7 Å². The Kier molecular flexibility index (Phi) is 6.73. The van der Waals surface area contributed by atoms with Crippen LogP contribution in [0.2, 0.25) is 0 Å². The van der Waals surface area contributed by atoms with E-state index in [1.54, 1.807) is 6.92 Å². The molecule has 3 heterocycles. The van der Waals surface area contributed by atoms with Crippen molar-refractivity contribution in [3.63, 3.8) is 0 Å². The average Bonchev–Trinajstić information content (AvgIpc) is 3.20. The van der Waals surface area contributed by atoms with Gasteiger partial charge in [0.05, 0.1) is 19.3 Å². The Balaban J connectivity index is 1.56. The summed E-state index contributed by atoms with van der Waals surface area (Å²) in [6.07, 6.45) is 2.70. The molecule has 2 fully saturated rings. The van der Waals surface area contributed by atoms with Crippen molar-refractivity contribution >= 4 is 21.9 Å². The van der Waals surface area contributed by atoms with E-state index in [2.05, 4.69) is 5.32 Å². The Labute approximate surface area is 164 Å². The second-order valence-corrected chi connectivity index (χ2v) is 8.81. The highest BCUT2D eigenvalue weighted by Crippen LogP contribution is 2.25. The number of hydrogen-bond donors (Lipinski definition) is 1. The third-order valence-electron chi connectivity index (χ3n) is 4.98. The minimum atomic E-state index is -3.86. The molecule has 0 saturated carbocycles. The number of furan rings is 1. The van der Waals surface area contributed by atoms with E-state index in [0.717, 1.165) is 19.4 Å². The van der Waals surface area contributed by atoms with E-state index < -0.39 is 16.0 Å². The van der Waals surface area contributed by atoms with E-state index in [4.69, 9.17) is 13.9 Å². The van der Waals surface area contributed by atoms with Crippen LogP contribution in [0.4, 0.5) is 0 Å². The third-order valence-corrected chi connectivity index (χ3v) is 6.76. The minimum Gasteiger partial charge on any atom is -0.460 e. The van der Waals surface area contributed by atoms with Crippen LogP contribution in [0.5, 0.6) is 0 Å². The molecular weight excluding hydrogens is 388 g/mol. The molecule has 0 aromatic carbocycles. The van der Waals surface area contributed by atoms with Crippen LogP contribution < -0.4 is 5.32 Å². The first-order chi connectivity index (χ1) is 13.4. The lowest BCUT2D eigenvalue weighted by molar-refractivity contribution is -0.127. The summed E-state index contributed by atoms with van der Waals surface area (Å²) < 4.78 is 42.1.